The number of aromatic amines is 1. The molecule has 0 saturated carbocycles. The van der Waals surface area contributed by atoms with Gasteiger partial charge in [-0.3, -0.25) is 5.10 Å². The highest BCUT2D eigenvalue weighted by Gasteiger charge is 2.07. The molecule has 2 heterocycles. The van der Waals surface area contributed by atoms with Crippen LogP contribution in [0.4, 0.5) is 5.82 Å². The van der Waals surface area contributed by atoms with Gasteiger partial charge in [0.15, 0.2) is 0 Å². The molecule has 0 aromatic carbocycles. The fourth-order valence-electron chi connectivity index (χ4n) is 1.29. The first kappa shape index (κ1) is 9.72. The van der Waals surface area contributed by atoms with Crippen LogP contribution in [-0.4, -0.2) is 26.6 Å². The van der Waals surface area contributed by atoms with E-state index in [1.54, 1.807) is 23.1 Å². The van der Waals surface area contributed by atoms with Crippen molar-refractivity contribution >= 4 is 5.82 Å². The molecule has 0 fully saturated rings. The lowest BCUT2D eigenvalue weighted by atomic mass is 10.4. The molecule has 15 heavy (non-hydrogen) atoms. The molecule has 0 aliphatic rings. The number of nitrogens with zero attached hydrogens (tertiary/aromatic N) is 3. The topological polar surface area (TPSA) is 81.8 Å². The standard InChI is InChI=1S/C9H13N5O/c1-2-15-6-7-8(5-11-12-7)14-4-3-9(10)13-14/h3-5H,2,6H2,1H3,(H2,10,13)(H,11,12). The van der Waals surface area contributed by atoms with Crippen molar-refractivity contribution in [3.05, 3.63) is 24.2 Å². The third-order valence-corrected chi connectivity index (χ3v) is 2.00. The fourth-order valence-corrected chi connectivity index (χ4v) is 1.29. The number of rotatable bonds is 4. The summed E-state index contributed by atoms with van der Waals surface area (Å²) in [6.45, 7) is 3.10. The van der Waals surface area contributed by atoms with Gasteiger partial charge in [-0.25, -0.2) is 4.68 Å². The molecule has 0 aliphatic heterocycles. The Morgan fingerprint density at radius 3 is 3.13 bits per heavy atom. The molecule has 2 rings (SSSR count). The number of nitrogen functional groups attached to an aromatic ring is 1. The monoisotopic (exact) mass is 207 g/mol. The molecule has 0 unspecified atom stereocenters. The van der Waals surface area contributed by atoms with Gasteiger partial charge < -0.3 is 10.5 Å². The van der Waals surface area contributed by atoms with Gasteiger partial charge in [0.25, 0.3) is 0 Å². The molecule has 3 N–H and O–H groups in total. The minimum atomic E-state index is 0.485. The summed E-state index contributed by atoms with van der Waals surface area (Å²) in [4.78, 5) is 0. The summed E-state index contributed by atoms with van der Waals surface area (Å²) in [5.41, 5.74) is 7.29. The molecular formula is C9H13N5O. The molecule has 0 radical (unpaired) electrons. The van der Waals surface area contributed by atoms with Crippen molar-refractivity contribution in [3.8, 4) is 5.69 Å². The van der Waals surface area contributed by atoms with E-state index in [-0.39, 0.29) is 0 Å². The van der Waals surface area contributed by atoms with E-state index in [1.165, 1.54) is 0 Å². The number of hydrogen-bond donors (Lipinski definition) is 2. The largest absolute Gasteiger partial charge is 0.382 e. The first-order valence-corrected chi connectivity index (χ1v) is 4.72. The Hall–Kier alpha value is -1.82. The van der Waals surface area contributed by atoms with Crippen molar-refractivity contribution in [2.75, 3.05) is 12.3 Å². The molecule has 0 bridgehead atoms. The third-order valence-electron chi connectivity index (χ3n) is 2.00. The van der Waals surface area contributed by atoms with Crippen LogP contribution in [0.1, 0.15) is 12.6 Å². The summed E-state index contributed by atoms with van der Waals surface area (Å²) in [6.07, 6.45) is 3.48. The molecule has 0 amide bonds. The molecule has 2 aromatic heterocycles. The van der Waals surface area contributed by atoms with Gasteiger partial charge in [0.1, 0.15) is 11.5 Å². The average Bonchev–Trinajstić information content (AvgIpc) is 2.82. The van der Waals surface area contributed by atoms with E-state index in [4.69, 9.17) is 10.5 Å². The van der Waals surface area contributed by atoms with Crippen molar-refractivity contribution in [2.45, 2.75) is 13.5 Å². The Bertz CT molecular complexity index is 433. The molecular weight excluding hydrogens is 194 g/mol. The lowest BCUT2D eigenvalue weighted by Gasteiger charge is -2.02. The Morgan fingerprint density at radius 2 is 2.47 bits per heavy atom. The van der Waals surface area contributed by atoms with Crippen LogP contribution in [0.15, 0.2) is 18.5 Å². The second-order valence-corrected chi connectivity index (χ2v) is 3.06. The molecule has 2 aromatic rings. The van der Waals surface area contributed by atoms with Crippen LogP contribution >= 0.6 is 0 Å². The Labute approximate surface area is 87.0 Å². The van der Waals surface area contributed by atoms with E-state index in [0.717, 1.165) is 11.4 Å². The van der Waals surface area contributed by atoms with Gasteiger partial charge in [-0.1, -0.05) is 0 Å². The number of H-pyrrole nitrogens is 1. The number of nitrogens with one attached hydrogen (secondary N) is 1. The minimum absolute atomic E-state index is 0.485. The Kier molecular flexibility index (Phi) is 2.68. The molecule has 6 heteroatoms. The zero-order chi connectivity index (χ0) is 10.7. The van der Waals surface area contributed by atoms with Crippen LogP contribution < -0.4 is 5.73 Å². The van der Waals surface area contributed by atoms with Gasteiger partial charge in [-0.15, -0.1) is 0 Å². The normalized spacial score (nSPS) is 10.7. The van der Waals surface area contributed by atoms with Crippen LogP contribution in [0.2, 0.25) is 0 Å². The predicted octanol–water partition coefficient (Wildman–Crippen LogP) is 0.714. The SMILES string of the molecule is CCOCc1[nH]ncc1-n1ccc(N)n1. The molecule has 0 saturated heterocycles. The molecule has 0 aliphatic carbocycles. The quantitative estimate of drug-likeness (QED) is 0.773. The van der Waals surface area contributed by atoms with E-state index in [9.17, 15) is 0 Å². The first-order chi connectivity index (χ1) is 7.31. The smallest absolute Gasteiger partial charge is 0.145 e. The van der Waals surface area contributed by atoms with Crippen molar-refractivity contribution in [3.63, 3.8) is 0 Å². The van der Waals surface area contributed by atoms with Gasteiger partial charge in [0.05, 0.1) is 18.5 Å². The molecule has 6 nitrogen and oxygen atoms in total. The van der Waals surface area contributed by atoms with Crippen molar-refractivity contribution < 1.29 is 4.74 Å². The van der Waals surface area contributed by atoms with E-state index < -0.39 is 0 Å². The number of nitrogens with two attached hydrogens (primary N) is 1. The van der Waals surface area contributed by atoms with Crippen LogP contribution in [-0.2, 0) is 11.3 Å². The lowest BCUT2D eigenvalue weighted by Crippen LogP contribution is -2.01. The Balaban J connectivity index is 2.24. The predicted molar refractivity (Wildman–Crippen MR) is 55.5 cm³/mol. The van der Waals surface area contributed by atoms with E-state index in [1.807, 2.05) is 6.92 Å². The Morgan fingerprint density at radius 1 is 1.60 bits per heavy atom. The van der Waals surface area contributed by atoms with E-state index in [2.05, 4.69) is 15.3 Å². The second-order valence-electron chi connectivity index (χ2n) is 3.06. The zero-order valence-electron chi connectivity index (χ0n) is 8.47. The number of ether oxygens (including phenoxy) is 1. The number of hydrogen-bond acceptors (Lipinski definition) is 4. The van der Waals surface area contributed by atoms with Crippen LogP contribution in [0.25, 0.3) is 5.69 Å². The highest BCUT2D eigenvalue weighted by atomic mass is 16.5. The fraction of sp³-hybridized carbons (Fsp3) is 0.333. The van der Waals surface area contributed by atoms with E-state index >= 15 is 0 Å². The first-order valence-electron chi connectivity index (χ1n) is 4.72. The number of aromatic nitrogens is 4. The lowest BCUT2D eigenvalue weighted by molar-refractivity contribution is 0.131. The van der Waals surface area contributed by atoms with Gasteiger partial charge in [-0.05, 0) is 6.92 Å². The summed E-state index contributed by atoms with van der Waals surface area (Å²) in [6, 6.07) is 1.73. The molecule has 0 atom stereocenters. The highest BCUT2D eigenvalue weighted by molar-refractivity contribution is 5.36. The molecule has 0 spiro atoms. The van der Waals surface area contributed by atoms with Crippen molar-refractivity contribution in [2.24, 2.45) is 0 Å². The summed E-state index contributed by atoms with van der Waals surface area (Å²) < 4.78 is 6.98. The van der Waals surface area contributed by atoms with Crippen molar-refractivity contribution in [1.29, 1.82) is 0 Å². The van der Waals surface area contributed by atoms with Gasteiger partial charge in [0, 0.05) is 18.9 Å². The van der Waals surface area contributed by atoms with E-state index in [0.29, 0.717) is 19.0 Å². The summed E-state index contributed by atoms with van der Waals surface area (Å²) in [7, 11) is 0. The van der Waals surface area contributed by atoms with Crippen LogP contribution in [0.3, 0.4) is 0 Å². The van der Waals surface area contributed by atoms with Crippen molar-refractivity contribution in [1.82, 2.24) is 20.0 Å². The maximum atomic E-state index is 5.54. The van der Waals surface area contributed by atoms with Gasteiger partial charge in [0.2, 0.25) is 0 Å². The second kappa shape index (κ2) is 4.14. The molecule has 80 valence electrons. The minimum Gasteiger partial charge on any atom is -0.382 e. The van der Waals surface area contributed by atoms with Gasteiger partial charge >= 0.3 is 0 Å². The average molecular weight is 207 g/mol. The summed E-state index contributed by atoms with van der Waals surface area (Å²) >= 11 is 0. The number of anilines is 1. The summed E-state index contributed by atoms with van der Waals surface area (Å²) in [5.74, 6) is 0.485. The zero-order valence-corrected chi connectivity index (χ0v) is 8.47. The maximum Gasteiger partial charge on any atom is 0.145 e. The third kappa shape index (κ3) is 1.99. The summed E-state index contributed by atoms with van der Waals surface area (Å²) in [5, 5.41) is 10.9. The highest BCUT2D eigenvalue weighted by Crippen LogP contribution is 2.12. The van der Waals surface area contributed by atoms with Gasteiger partial charge in [-0.2, -0.15) is 10.2 Å². The van der Waals surface area contributed by atoms with Crippen LogP contribution in [0.5, 0.6) is 0 Å². The maximum absolute atomic E-state index is 5.54. The van der Waals surface area contributed by atoms with Crippen LogP contribution in [0, 0.1) is 0 Å².